The quantitative estimate of drug-likeness (QED) is 0.748. The molecule has 3 nitrogen and oxygen atoms in total. The molecule has 0 fully saturated rings. The highest BCUT2D eigenvalue weighted by Gasteiger charge is 2.24. The molecule has 0 spiro atoms. The van der Waals surface area contributed by atoms with Crippen molar-refractivity contribution in [3.8, 4) is 0 Å². The average Bonchev–Trinajstić information content (AvgIpc) is 2.24. The van der Waals surface area contributed by atoms with Crippen LogP contribution >= 0.6 is 0 Å². The molecule has 0 aliphatic heterocycles. The van der Waals surface area contributed by atoms with E-state index in [1.807, 2.05) is 6.92 Å². The Labute approximate surface area is 86.3 Å². The van der Waals surface area contributed by atoms with Crippen molar-refractivity contribution in [3.05, 3.63) is 11.5 Å². The maximum atomic E-state index is 6.09. The van der Waals surface area contributed by atoms with Crippen molar-refractivity contribution < 1.29 is 0 Å². The summed E-state index contributed by atoms with van der Waals surface area (Å²) in [5.41, 5.74) is 7.12. The first-order chi connectivity index (χ1) is 6.25. The summed E-state index contributed by atoms with van der Waals surface area (Å²) in [4.78, 5) is 4.54. The number of nitrogen functional groups attached to an aromatic ring is 1. The van der Waals surface area contributed by atoms with Crippen LogP contribution in [0, 0.1) is 6.92 Å². The predicted octanol–water partition coefficient (Wildman–Crippen LogP) is 2.65. The van der Waals surface area contributed by atoms with Crippen LogP contribution in [0.5, 0.6) is 0 Å². The van der Waals surface area contributed by atoms with E-state index in [0.717, 1.165) is 17.3 Å². The Morgan fingerprint density at radius 2 is 1.79 bits per heavy atom. The molecule has 1 aromatic heterocycles. The number of hydrogen-bond donors (Lipinski definition) is 1. The molecule has 0 radical (unpaired) electrons. The van der Waals surface area contributed by atoms with Crippen LogP contribution in [0.2, 0.25) is 0 Å². The van der Waals surface area contributed by atoms with Crippen molar-refractivity contribution >= 4 is 5.82 Å². The highest BCUT2D eigenvalue weighted by molar-refractivity contribution is 5.42. The third kappa shape index (κ3) is 1.76. The van der Waals surface area contributed by atoms with E-state index in [1.165, 1.54) is 0 Å². The molecule has 0 aromatic carbocycles. The minimum absolute atomic E-state index is 0.0228. The standard InChI is InChI=1S/C11H21N3/c1-7(2)14-8(3)13-9(10(14)12)11(4,5)6/h7H,12H2,1-6H3. The van der Waals surface area contributed by atoms with Crippen LogP contribution in [0.1, 0.15) is 52.2 Å². The van der Waals surface area contributed by atoms with Gasteiger partial charge in [-0.1, -0.05) is 20.8 Å². The first-order valence-corrected chi connectivity index (χ1v) is 5.10. The van der Waals surface area contributed by atoms with Gasteiger partial charge in [0, 0.05) is 11.5 Å². The van der Waals surface area contributed by atoms with Gasteiger partial charge in [0.05, 0.1) is 5.69 Å². The lowest BCUT2D eigenvalue weighted by Gasteiger charge is -2.17. The normalized spacial score (nSPS) is 12.5. The minimum atomic E-state index is 0.0228. The lowest BCUT2D eigenvalue weighted by atomic mass is 9.92. The maximum absolute atomic E-state index is 6.09. The van der Waals surface area contributed by atoms with Crippen molar-refractivity contribution in [1.29, 1.82) is 0 Å². The fourth-order valence-corrected chi connectivity index (χ4v) is 1.77. The van der Waals surface area contributed by atoms with E-state index in [4.69, 9.17) is 5.73 Å². The average molecular weight is 195 g/mol. The van der Waals surface area contributed by atoms with E-state index in [1.54, 1.807) is 0 Å². The molecule has 0 amide bonds. The van der Waals surface area contributed by atoms with Crippen LogP contribution in [0.15, 0.2) is 0 Å². The maximum Gasteiger partial charge on any atom is 0.127 e. The van der Waals surface area contributed by atoms with Crippen LogP contribution in [0.3, 0.4) is 0 Å². The first kappa shape index (κ1) is 11.1. The molecule has 1 aromatic rings. The zero-order valence-corrected chi connectivity index (χ0v) is 10.0. The van der Waals surface area contributed by atoms with Gasteiger partial charge in [0.1, 0.15) is 11.6 Å². The minimum Gasteiger partial charge on any atom is -0.384 e. The number of imidazole rings is 1. The van der Waals surface area contributed by atoms with Gasteiger partial charge in [-0.05, 0) is 20.8 Å². The lowest BCUT2D eigenvalue weighted by molar-refractivity contribution is 0.570. The van der Waals surface area contributed by atoms with E-state index in [2.05, 4.69) is 44.2 Å². The third-order valence-electron chi connectivity index (χ3n) is 2.35. The summed E-state index contributed by atoms with van der Waals surface area (Å²) in [5.74, 6) is 1.81. The first-order valence-electron chi connectivity index (χ1n) is 5.10. The molecule has 3 heteroatoms. The van der Waals surface area contributed by atoms with Crippen molar-refractivity contribution in [2.24, 2.45) is 0 Å². The van der Waals surface area contributed by atoms with E-state index >= 15 is 0 Å². The molecule has 14 heavy (non-hydrogen) atoms. The smallest absolute Gasteiger partial charge is 0.127 e. The third-order valence-corrected chi connectivity index (χ3v) is 2.35. The predicted molar refractivity (Wildman–Crippen MR) is 60.5 cm³/mol. The van der Waals surface area contributed by atoms with Gasteiger partial charge in [-0.15, -0.1) is 0 Å². The van der Waals surface area contributed by atoms with Crippen LogP contribution in [0.25, 0.3) is 0 Å². The monoisotopic (exact) mass is 195 g/mol. The summed E-state index contributed by atoms with van der Waals surface area (Å²) in [6, 6.07) is 0.374. The molecular weight excluding hydrogens is 174 g/mol. The molecule has 0 saturated heterocycles. The van der Waals surface area contributed by atoms with Crippen LogP contribution in [-0.2, 0) is 5.41 Å². The Hall–Kier alpha value is -0.990. The van der Waals surface area contributed by atoms with Crippen LogP contribution in [0.4, 0.5) is 5.82 Å². The topological polar surface area (TPSA) is 43.8 Å². The molecule has 1 heterocycles. The van der Waals surface area contributed by atoms with Gasteiger partial charge in [0.2, 0.25) is 0 Å². The fourth-order valence-electron chi connectivity index (χ4n) is 1.77. The van der Waals surface area contributed by atoms with Crippen molar-refractivity contribution in [1.82, 2.24) is 9.55 Å². The Morgan fingerprint density at radius 3 is 2.00 bits per heavy atom. The molecule has 1 rings (SSSR count). The summed E-state index contributed by atoms with van der Waals surface area (Å²) in [5, 5.41) is 0. The van der Waals surface area contributed by atoms with Gasteiger partial charge in [0.25, 0.3) is 0 Å². The lowest BCUT2D eigenvalue weighted by Crippen LogP contribution is -2.15. The van der Waals surface area contributed by atoms with Gasteiger partial charge in [-0.2, -0.15) is 0 Å². The fraction of sp³-hybridized carbons (Fsp3) is 0.727. The second-order valence-corrected chi connectivity index (χ2v) is 5.11. The van der Waals surface area contributed by atoms with Gasteiger partial charge in [-0.3, -0.25) is 0 Å². The van der Waals surface area contributed by atoms with Gasteiger partial charge < -0.3 is 10.3 Å². The zero-order chi connectivity index (χ0) is 11.1. The van der Waals surface area contributed by atoms with Crippen LogP contribution < -0.4 is 5.73 Å². The molecule has 2 N–H and O–H groups in total. The number of hydrogen-bond acceptors (Lipinski definition) is 2. The van der Waals surface area contributed by atoms with Gasteiger partial charge in [0.15, 0.2) is 0 Å². The summed E-state index contributed by atoms with van der Waals surface area (Å²) < 4.78 is 2.08. The Balaban J connectivity index is 3.31. The van der Waals surface area contributed by atoms with Crippen molar-refractivity contribution in [3.63, 3.8) is 0 Å². The number of aryl methyl sites for hydroxylation is 1. The van der Waals surface area contributed by atoms with E-state index in [0.29, 0.717) is 6.04 Å². The number of anilines is 1. The number of nitrogens with two attached hydrogens (primary N) is 1. The van der Waals surface area contributed by atoms with Crippen molar-refractivity contribution in [2.75, 3.05) is 5.73 Å². The Bertz CT molecular complexity index is 329. The molecular formula is C11H21N3. The summed E-state index contributed by atoms with van der Waals surface area (Å²) in [7, 11) is 0. The molecule has 0 atom stereocenters. The number of rotatable bonds is 1. The second kappa shape index (κ2) is 3.30. The number of nitrogens with zero attached hydrogens (tertiary/aromatic N) is 2. The highest BCUT2D eigenvalue weighted by atomic mass is 15.2. The largest absolute Gasteiger partial charge is 0.384 e. The molecule has 0 aliphatic carbocycles. The Morgan fingerprint density at radius 1 is 1.29 bits per heavy atom. The highest BCUT2D eigenvalue weighted by Crippen LogP contribution is 2.29. The van der Waals surface area contributed by atoms with E-state index in [-0.39, 0.29) is 5.41 Å². The second-order valence-electron chi connectivity index (χ2n) is 5.11. The Kier molecular flexibility index (Phi) is 2.61. The molecule has 80 valence electrons. The summed E-state index contributed by atoms with van der Waals surface area (Å²) >= 11 is 0. The van der Waals surface area contributed by atoms with Gasteiger partial charge in [-0.25, -0.2) is 4.98 Å². The molecule has 0 unspecified atom stereocenters. The summed E-state index contributed by atoms with van der Waals surface area (Å²) in [6.07, 6.45) is 0. The molecule has 0 aliphatic rings. The van der Waals surface area contributed by atoms with Gasteiger partial charge >= 0.3 is 0 Å². The molecule has 0 saturated carbocycles. The van der Waals surface area contributed by atoms with Crippen LogP contribution in [-0.4, -0.2) is 9.55 Å². The van der Waals surface area contributed by atoms with Crippen molar-refractivity contribution in [2.45, 2.75) is 53.0 Å². The number of aromatic nitrogens is 2. The zero-order valence-electron chi connectivity index (χ0n) is 10.0. The molecule has 0 bridgehead atoms. The van der Waals surface area contributed by atoms with E-state index < -0.39 is 0 Å². The SMILES string of the molecule is Cc1nc(C(C)(C)C)c(N)n1C(C)C. The summed E-state index contributed by atoms with van der Waals surface area (Å²) in [6.45, 7) is 12.7. The van der Waals surface area contributed by atoms with E-state index in [9.17, 15) is 0 Å².